The number of rotatable bonds is 3. The second-order valence-electron chi connectivity index (χ2n) is 5.13. The van der Waals surface area contributed by atoms with Crippen molar-refractivity contribution in [2.75, 3.05) is 7.11 Å². The molecule has 3 rings (SSSR count). The first-order valence-corrected chi connectivity index (χ1v) is 7.17. The van der Waals surface area contributed by atoms with E-state index in [-0.39, 0.29) is 5.92 Å². The van der Waals surface area contributed by atoms with Crippen molar-refractivity contribution < 1.29 is 9.53 Å². The van der Waals surface area contributed by atoms with Crippen LogP contribution in [-0.4, -0.2) is 13.4 Å². The van der Waals surface area contributed by atoms with E-state index in [1.807, 2.05) is 42.5 Å². The summed E-state index contributed by atoms with van der Waals surface area (Å²) in [7, 11) is 1.65. The third-order valence-electron chi connectivity index (χ3n) is 3.84. The van der Waals surface area contributed by atoms with Gasteiger partial charge in [0.05, 0.1) is 13.0 Å². The Bertz CT molecular complexity index is 702. The molecule has 3 heteroatoms. The molecule has 21 heavy (non-hydrogen) atoms. The Balaban J connectivity index is 1.98. The molecule has 0 amide bonds. The van der Waals surface area contributed by atoms with Crippen LogP contribution in [0.15, 0.2) is 48.0 Å². The molecule has 2 aromatic carbocycles. The molecule has 0 spiro atoms. The zero-order valence-electron chi connectivity index (χ0n) is 11.7. The van der Waals surface area contributed by atoms with Gasteiger partial charge < -0.3 is 9.53 Å². The molecule has 0 aliphatic heterocycles. The number of allylic oxidation sites excluding steroid dienone is 1. The number of hydrogen-bond donors (Lipinski definition) is 0. The van der Waals surface area contributed by atoms with Crippen LogP contribution in [0.1, 0.15) is 22.6 Å². The molecule has 1 unspecified atom stereocenters. The Hall–Kier alpha value is -2.06. The highest BCUT2D eigenvalue weighted by atomic mass is 35.5. The number of carbonyl (C=O) groups is 1. The van der Waals surface area contributed by atoms with Crippen LogP contribution in [0.4, 0.5) is 0 Å². The van der Waals surface area contributed by atoms with Gasteiger partial charge in [0.15, 0.2) is 0 Å². The van der Waals surface area contributed by atoms with Gasteiger partial charge in [0.25, 0.3) is 0 Å². The van der Waals surface area contributed by atoms with Crippen molar-refractivity contribution in [3.63, 3.8) is 0 Å². The first kappa shape index (κ1) is 13.9. The van der Waals surface area contributed by atoms with Gasteiger partial charge in [0.1, 0.15) is 12.0 Å². The minimum absolute atomic E-state index is 0.165. The number of halogens is 1. The van der Waals surface area contributed by atoms with E-state index in [9.17, 15) is 4.79 Å². The van der Waals surface area contributed by atoms with E-state index in [1.54, 1.807) is 7.11 Å². The number of hydrogen-bond acceptors (Lipinski definition) is 2. The van der Waals surface area contributed by atoms with Crippen LogP contribution < -0.4 is 4.74 Å². The quantitative estimate of drug-likeness (QED) is 0.791. The van der Waals surface area contributed by atoms with Crippen LogP contribution in [0.2, 0.25) is 5.02 Å². The van der Waals surface area contributed by atoms with Crippen molar-refractivity contribution in [2.24, 2.45) is 0 Å². The summed E-state index contributed by atoms with van der Waals surface area (Å²) in [5.41, 5.74) is 4.40. The van der Waals surface area contributed by atoms with Gasteiger partial charge in [0, 0.05) is 5.02 Å². The summed E-state index contributed by atoms with van der Waals surface area (Å²) in [4.78, 5) is 11.5. The maximum atomic E-state index is 11.5. The molecule has 0 saturated heterocycles. The number of ether oxygens (including phenoxy) is 1. The largest absolute Gasteiger partial charge is 0.497 e. The molecule has 0 aromatic heterocycles. The monoisotopic (exact) mass is 298 g/mol. The predicted molar refractivity (Wildman–Crippen MR) is 84.9 cm³/mol. The summed E-state index contributed by atoms with van der Waals surface area (Å²) in [5, 5.41) is 0.712. The van der Waals surface area contributed by atoms with Gasteiger partial charge >= 0.3 is 0 Å². The Labute approximate surface area is 129 Å². The van der Waals surface area contributed by atoms with E-state index < -0.39 is 0 Å². The van der Waals surface area contributed by atoms with E-state index >= 15 is 0 Å². The maximum Gasteiger partial charge on any atom is 0.131 e. The Morgan fingerprint density at radius 3 is 2.62 bits per heavy atom. The zero-order valence-corrected chi connectivity index (χ0v) is 12.4. The zero-order chi connectivity index (χ0) is 14.8. The Kier molecular flexibility index (Phi) is 3.80. The number of aldehydes is 1. The fourth-order valence-corrected chi connectivity index (χ4v) is 2.90. The fraction of sp³-hybridized carbons (Fsp3) is 0.167. The summed E-state index contributed by atoms with van der Waals surface area (Å²) in [5.74, 6) is 0.660. The average molecular weight is 299 g/mol. The summed E-state index contributed by atoms with van der Waals surface area (Å²) < 4.78 is 5.25. The second-order valence-corrected chi connectivity index (χ2v) is 5.56. The third kappa shape index (κ3) is 2.72. The molecular formula is C18H15ClO2. The van der Waals surface area contributed by atoms with Gasteiger partial charge in [0.2, 0.25) is 0 Å². The van der Waals surface area contributed by atoms with Crippen LogP contribution in [-0.2, 0) is 11.2 Å². The number of benzene rings is 2. The van der Waals surface area contributed by atoms with E-state index in [4.69, 9.17) is 16.3 Å². The molecule has 1 aliphatic rings. The van der Waals surface area contributed by atoms with Crippen LogP contribution >= 0.6 is 11.6 Å². The molecular weight excluding hydrogens is 284 g/mol. The van der Waals surface area contributed by atoms with Gasteiger partial charge in [-0.05, 0) is 47.4 Å². The van der Waals surface area contributed by atoms with E-state index in [0.717, 1.165) is 40.7 Å². The molecule has 2 aromatic rings. The van der Waals surface area contributed by atoms with Gasteiger partial charge in [-0.3, -0.25) is 0 Å². The molecule has 1 atom stereocenters. The Morgan fingerprint density at radius 2 is 1.95 bits per heavy atom. The van der Waals surface area contributed by atoms with Crippen molar-refractivity contribution in [1.29, 1.82) is 0 Å². The van der Waals surface area contributed by atoms with E-state index in [2.05, 4.69) is 6.08 Å². The standard InChI is InChI=1S/C18H15ClO2/c1-21-16-6-7-17-14(10-16)9-13(18(17)11-20)8-12-2-4-15(19)5-3-12/h2-8,10-11,18H,9H2,1H3/b13-8+. The van der Waals surface area contributed by atoms with E-state index in [1.165, 1.54) is 0 Å². The molecule has 0 saturated carbocycles. The number of methoxy groups -OCH3 is 1. The molecule has 2 nitrogen and oxygen atoms in total. The summed E-state index contributed by atoms with van der Waals surface area (Å²) in [6.45, 7) is 0. The number of carbonyl (C=O) groups excluding carboxylic acids is 1. The van der Waals surface area contributed by atoms with Crippen molar-refractivity contribution >= 4 is 24.0 Å². The Morgan fingerprint density at radius 1 is 1.19 bits per heavy atom. The predicted octanol–water partition coefficient (Wildman–Crippen LogP) is 4.27. The van der Waals surface area contributed by atoms with Crippen LogP contribution in [0, 0.1) is 0 Å². The highest BCUT2D eigenvalue weighted by molar-refractivity contribution is 6.30. The maximum absolute atomic E-state index is 11.5. The second kappa shape index (κ2) is 5.74. The average Bonchev–Trinajstić information content (AvgIpc) is 2.85. The topological polar surface area (TPSA) is 26.3 Å². The lowest BCUT2D eigenvalue weighted by molar-refractivity contribution is -0.108. The molecule has 1 aliphatic carbocycles. The molecule has 0 heterocycles. The smallest absolute Gasteiger partial charge is 0.131 e. The normalized spacial score (nSPS) is 18.6. The summed E-state index contributed by atoms with van der Waals surface area (Å²) in [6.07, 6.45) is 3.86. The summed E-state index contributed by atoms with van der Waals surface area (Å²) >= 11 is 5.90. The van der Waals surface area contributed by atoms with Crippen LogP contribution in [0.3, 0.4) is 0 Å². The SMILES string of the molecule is COc1ccc2c(c1)C/C(=C\c1ccc(Cl)cc1)C2C=O. The lowest BCUT2D eigenvalue weighted by Gasteiger charge is -2.06. The molecule has 106 valence electrons. The first-order valence-electron chi connectivity index (χ1n) is 6.79. The van der Waals surface area contributed by atoms with Crippen LogP contribution in [0.25, 0.3) is 6.08 Å². The van der Waals surface area contributed by atoms with Crippen molar-refractivity contribution in [2.45, 2.75) is 12.3 Å². The minimum atomic E-state index is -0.165. The highest BCUT2D eigenvalue weighted by Gasteiger charge is 2.27. The summed E-state index contributed by atoms with van der Waals surface area (Å²) in [6, 6.07) is 13.5. The lowest BCUT2D eigenvalue weighted by atomic mass is 9.98. The van der Waals surface area contributed by atoms with Gasteiger partial charge in [-0.1, -0.05) is 41.4 Å². The number of fused-ring (bicyclic) bond motifs is 1. The van der Waals surface area contributed by atoms with E-state index in [0.29, 0.717) is 5.02 Å². The molecule has 0 N–H and O–H groups in total. The minimum Gasteiger partial charge on any atom is -0.497 e. The lowest BCUT2D eigenvalue weighted by Crippen LogP contribution is -1.97. The van der Waals surface area contributed by atoms with Gasteiger partial charge in [-0.15, -0.1) is 0 Å². The van der Waals surface area contributed by atoms with Crippen molar-refractivity contribution in [1.82, 2.24) is 0 Å². The molecule has 0 bridgehead atoms. The first-order chi connectivity index (χ1) is 10.2. The van der Waals surface area contributed by atoms with Gasteiger partial charge in [-0.2, -0.15) is 0 Å². The van der Waals surface area contributed by atoms with Crippen molar-refractivity contribution in [3.8, 4) is 5.75 Å². The van der Waals surface area contributed by atoms with Crippen molar-refractivity contribution in [3.05, 3.63) is 69.8 Å². The fourth-order valence-electron chi connectivity index (χ4n) is 2.77. The van der Waals surface area contributed by atoms with Gasteiger partial charge in [-0.25, -0.2) is 0 Å². The highest BCUT2D eigenvalue weighted by Crippen LogP contribution is 2.38. The molecule has 0 radical (unpaired) electrons. The molecule has 0 fully saturated rings. The van der Waals surface area contributed by atoms with Crippen LogP contribution in [0.5, 0.6) is 5.75 Å². The third-order valence-corrected chi connectivity index (χ3v) is 4.09.